The number of hydrogen-bond acceptors (Lipinski definition) is 4. The molecule has 0 aliphatic carbocycles. The van der Waals surface area contributed by atoms with Crippen LogP contribution >= 0.6 is 0 Å². The van der Waals surface area contributed by atoms with Gasteiger partial charge in [-0.1, -0.05) is 24.3 Å². The van der Waals surface area contributed by atoms with E-state index in [0.717, 1.165) is 37.1 Å². The standard InChI is InChI=1S/C21H30N2O3/c1-15-10-6-7-11-16(15)18-17(19(24)23-12-8-5-9-13-23)14-21(2,22(18)3)20(25)26-4/h6-7,10-11,17-18H,5,8-9,12-14H2,1-4H3/t17-,18-,21-/m0/s1. The number of aryl methyl sites for hydroxylation is 1. The van der Waals surface area contributed by atoms with Gasteiger partial charge in [-0.2, -0.15) is 0 Å². The Kier molecular flexibility index (Phi) is 5.37. The van der Waals surface area contributed by atoms with Crippen LogP contribution in [0.3, 0.4) is 0 Å². The molecule has 0 bridgehead atoms. The van der Waals surface area contributed by atoms with E-state index in [2.05, 4.69) is 19.1 Å². The highest BCUT2D eigenvalue weighted by molar-refractivity contribution is 5.86. The van der Waals surface area contributed by atoms with Gasteiger partial charge in [0, 0.05) is 19.1 Å². The van der Waals surface area contributed by atoms with Gasteiger partial charge in [-0.3, -0.25) is 14.5 Å². The minimum atomic E-state index is -0.794. The number of benzene rings is 1. The van der Waals surface area contributed by atoms with Crippen molar-refractivity contribution in [1.29, 1.82) is 0 Å². The normalized spacial score (nSPS) is 29.6. The fourth-order valence-corrected chi connectivity index (χ4v) is 4.62. The molecule has 26 heavy (non-hydrogen) atoms. The second-order valence-corrected chi connectivity index (χ2v) is 7.87. The van der Waals surface area contributed by atoms with Crippen molar-refractivity contribution in [3.8, 4) is 0 Å². The number of likely N-dealkylation sites (tertiary alicyclic amines) is 2. The van der Waals surface area contributed by atoms with Crippen LogP contribution in [-0.4, -0.2) is 54.5 Å². The molecule has 1 amide bonds. The van der Waals surface area contributed by atoms with E-state index in [0.29, 0.717) is 6.42 Å². The van der Waals surface area contributed by atoms with E-state index in [4.69, 9.17) is 4.74 Å². The van der Waals surface area contributed by atoms with E-state index >= 15 is 0 Å². The summed E-state index contributed by atoms with van der Waals surface area (Å²) >= 11 is 0. The van der Waals surface area contributed by atoms with Gasteiger partial charge in [-0.25, -0.2) is 0 Å². The molecule has 5 heteroatoms. The molecule has 1 aromatic carbocycles. The third-order valence-corrected chi connectivity index (χ3v) is 6.31. The van der Waals surface area contributed by atoms with Crippen molar-refractivity contribution >= 4 is 11.9 Å². The number of hydrogen-bond donors (Lipinski definition) is 0. The molecule has 5 nitrogen and oxygen atoms in total. The Bertz CT molecular complexity index is 684. The van der Waals surface area contributed by atoms with Crippen LogP contribution in [0, 0.1) is 12.8 Å². The highest BCUT2D eigenvalue weighted by atomic mass is 16.5. The molecule has 142 valence electrons. The molecule has 2 aliphatic heterocycles. The van der Waals surface area contributed by atoms with Gasteiger partial charge in [0.2, 0.25) is 5.91 Å². The van der Waals surface area contributed by atoms with Crippen LogP contribution < -0.4 is 0 Å². The van der Waals surface area contributed by atoms with E-state index < -0.39 is 5.54 Å². The molecule has 2 saturated heterocycles. The third-order valence-electron chi connectivity index (χ3n) is 6.31. The number of nitrogens with zero attached hydrogens (tertiary/aromatic N) is 2. The average molecular weight is 358 g/mol. The lowest BCUT2D eigenvalue weighted by atomic mass is 9.87. The Hall–Kier alpha value is -1.88. The van der Waals surface area contributed by atoms with Gasteiger partial charge in [0.15, 0.2) is 0 Å². The maximum atomic E-state index is 13.4. The second-order valence-electron chi connectivity index (χ2n) is 7.87. The van der Waals surface area contributed by atoms with Crippen molar-refractivity contribution in [3.63, 3.8) is 0 Å². The first-order chi connectivity index (χ1) is 12.4. The number of likely N-dealkylation sites (N-methyl/N-ethyl adjacent to an activating group) is 1. The molecule has 1 aromatic rings. The van der Waals surface area contributed by atoms with E-state index in [1.165, 1.54) is 13.5 Å². The number of rotatable bonds is 3. The number of methoxy groups -OCH3 is 1. The molecule has 0 aromatic heterocycles. The number of ether oxygens (including phenoxy) is 1. The first kappa shape index (κ1) is 18.9. The van der Waals surface area contributed by atoms with Crippen molar-refractivity contribution in [2.75, 3.05) is 27.2 Å². The van der Waals surface area contributed by atoms with E-state index in [9.17, 15) is 9.59 Å². The summed E-state index contributed by atoms with van der Waals surface area (Å²) < 4.78 is 5.09. The zero-order valence-corrected chi connectivity index (χ0v) is 16.3. The van der Waals surface area contributed by atoms with E-state index in [1.807, 2.05) is 35.9 Å². The fourth-order valence-electron chi connectivity index (χ4n) is 4.62. The summed E-state index contributed by atoms with van der Waals surface area (Å²) in [5.41, 5.74) is 1.48. The zero-order valence-electron chi connectivity index (χ0n) is 16.3. The summed E-state index contributed by atoms with van der Waals surface area (Å²) in [5, 5.41) is 0. The third kappa shape index (κ3) is 3.13. The lowest BCUT2D eigenvalue weighted by Gasteiger charge is -2.34. The number of esters is 1. The van der Waals surface area contributed by atoms with Crippen LogP contribution in [0.1, 0.15) is 49.8 Å². The number of amides is 1. The predicted molar refractivity (Wildman–Crippen MR) is 101 cm³/mol. The second kappa shape index (κ2) is 7.39. The van der Waals surface area contributed by atoms with E-state index in [-0.39, 0.29) is 23.8 Å². The Morgan fingerprint density at radius 2 is 1.81 bits per heavy atom. The van der Waals surface area contributed by atoms with Crippen molar-refractivity contribution < 1.29 is 14.3 Å². The number of piperidine rings is 1. The van der Waals surface area contributed by atoms with Gasteiger partial charge < -0.3 is 9.64 Å². The van der Waals surface area contributed by atoms with Crippen LogP contribution in [0.15, 0.2) is 24.3 Å². The predicted octanol–water partition coefficient (Wildman–Crippen LogP) is 2.93. The van der Waals surface area contributed by atoms with Crippen molar-refractivity contribution in [2.45, 2.75) is 51.1 Å². The van der Waals surface area contributed by atoms with Gasteiger partial charge >= 0.3 is 5.97 Å². The van der Waals surface area contributed by atoms with Gasteiger partial charge in [-0.15, -0.1) is 0 Å². The van der Waals surface area contributed by atoms with Crippen LogP contribution in [0.2, 0.25) is 0 Å². The smallest absolute Gasteiger partial charge is 0.326 e. The zero-order chi connectivity index (χ0) is 18.9. The van der Waals surface area contributed by atoms with Crippen molar-refractivity contribution in [1.82, 2.24) is 9.80 Å². The van der Waals surface area contributed by atoms with Crippen molar-refractivity contribution in [3.05, 3.63) is 35.4 Å². The quantitative estimate of drug-likeness (QED) is 0.780. The Morgan fingerprint density at radius 1 is 1.15 bits per heavy atom. The summed E-state index contributed by atoms with van der Waals surface area (Å²) in [6.07, 6.45) is 3.81. The lowest BCUT2D eigenvalue weighted by Crippen LogP contribution is -2.47. The largest absolute Gasteiger partial charge is 0.468 e. The molecule has 0 saturated carbocycles. The molecule has 3 rings (SSSR count). The molecule has 0 spiro atoms. The SMILES string of the molecule is COC(=O)[C@]1(C)C[C@H](C(=O)N2CCCCC2)[C@H](c2ccccc2C)N1C. The summed E-state index contributed by atoms with van der Waals surface area (Å²) in [6.45, 7) is 5.62. The minimum Gasteiger partial charge on any atom is -0.468 e. The highest BCUT2D eigenvalue weighted by Crippen LogP contribution is 2.47. The fraction of sp³-hybridized carbons (Fsp3) is 0.619. The molecule has 2 heterocycles. The summed E-state index contributed by atoms with van der Waals surface area (Å²) in [6, 6.07) is 8.05. The van der Waals surface area contributed by atoms with Gasteiger partial charge in [0.1, 0.15) is 5.54 Å². The lowest BCUT2D eigenvalue weighted by molar-refractivity contribution is -0.152. The summed E-state index contributed by atoms with van der Waals surface area (Å²) in [5.74, 6) is -0.326. The maximum Gasteiger partial charge on any atom is 0.326 e. The molecule has 0 unspecified atom stereocenters. The molecular formula is C21H30N2O3. The van der Waals surface area contributed by atoms with Crippen LogP contribution in [-0.2, 0) is 14.3 Å². The van der Waals surface area contributed by atoms with Gasteiger partial charge in [0.25, 0.3) is 0 Å². The molecule has 2 aliphatic rings. The Labute approximate surface area is 156 Å². The van der Waals surface area contributed by atoms with Gasteiger partial charge in [0.05, 0.1) is 13.0 Å². The van der Waals surface area contributed by atoms with Crippen molar-refractivity contribution in [2.24, 2.45) is 5.92 Å². The molecule has 3 atom stereocenters. The first-order valence-corrected chi connectivity index (χ1v) is 9.56. The molecular weight excluding hydrogens is 328 g/mol. The molecule has 0 N–H and O–H groups in total. The monoisotopic (exact) mass is 358 g/mol. The summed E-state index contributed by atoms with van der Waals surface area (Å²) in [4.78, 5) is 30.0. The van der Waals surface area contributed by atoms with E-state index in [1.54, 1.807) is 0 Å². The van der Waals surface area contributed by atoms with Crippen LogP contribution in [0.5, 0.6) is 0 Å². The molecule has 0 radical (unpaired) electrons. The maximum absolute atomic E-state index is 13.4. The Balaban J connectivity index is 2.00. The first-order valence-electron chi connectivity index (χ1n) is 9.56. The molecule has 2 fully saturated rings. The average Bonchev–Trinajstić information content (AvgIpc) is 2.94. The Morgan fingerprint density at radius 3 is 2.42 bits per heavy atom. The topological polar surface area (TPSA) is 49.9 Å². The highest BCUT2D eigenvalue weighted by Gasteiger charge is 2.55. The minimum absolute atomic E-state index is 0.116. The van der Waals surface area contributed by atoms with Crippen LogP contribution in [0.25, 0.3) is 0 Å². The number of carbonyl (C=O) groups is 2. The van der Waals surface area contributed by atoms with Crippen LogP contribution in [0.4, 0.5) is 0 Å². The summed E-state index contributed by atoms with van der Waals surface area (Å²) in [7, 11) is 3.36. The number of carbonyl (C=O) groups excluding carboxylic acids is 2. The van der Waals surface area contributed by atoms with Gasteiger partial charge in [-0.05, 0) is 57.7 Å².